The summed E-state index contributed by atoms with van der Waals surface area (Å²) in [6, 6.07) is 19.3. The Kier molecular flexibility index (Phi) is 6.52. The Labute approximate surface area is 176 Å². The normalized spacial score (nSPS) is 11.2. The fraction of sp³-hybridized carbons (Fsp3) is 0.174. The molecular formula is C23H23FN2O3S. The number of hydrogen-bond acceptors (Lipinski definition) is 3. The van der Waals surface area contributed by atoms with Crippen LogP contribution in [0.15, 0.2) is 77.7 Å². The van der Waals surface area contributed by atoms with Gasteiger partial charge < -0.3 is 5.32 Å². The molecule has 0 aliphatic rings. The number of benzene rings is 3. The van der Waals surface area contributed by atoms with Crippen LogP contribution in [0.1, 0.15) is 16.7 Å². The Morgan fingerprint density at radius 2 is 1.57 bits per heavy atom. The SMILES string of the molecule is Cc1ccc(S(=O)(=O)N(CC(=O)NCc2ccc(F)cc2)c2ccccc2C)cc1. The Bertz CT molecular complexity index is 1130. The van der Waals surface area contributed by atoms with E-state index in [1.165, 1.54) is 24.3 Å². The molecule has 0 radical (unpaired) electrons. The quantitative estimate of drug-likeness (QED) is 0.622. The highest BCUT2D eigenvalue weighted by Gasteiger charge is 2.28. The van der Waals surface area contributed by atoms with Gasteiger partial charge in [-0.05, 0) is 55.3 Å². The van der Waals surface area contributed by atoms with Gasteiger partial charge >= 0.3 is 0 Å². The van der Waals surface area contributed by atoms with Gasteiger partial charge in [-0.25, -0.2) is 12.8 Å². The standard InChI is InChI=1S/C23H23FN2O3S/c1-17-7-13-21(14-8-17)30(28,29)26(22-6-4-3-5-18(22)2)16-23(27)25-15-19-9-11-20(24)12-10-19/h3-14H,15-16H2,1-2H3,(H,25,27). The molecule has 1 amide bonds. The average molecular weight is 427 g/mol. The van der Waals surface area contributed by atoms with Crippen LogP contribution in [0.4, 0.5) is 10.1 Å². The molecule has 30 heavy (non-hydrogen) atoms. The summed E-state index contributed by atoms with van der Waals surface area (Å²) in [5.41, 5.74) is 2.83. The number of rotatable bonds is 7. The van der Waals surface area contributed by atoms with Crippen molar-refractivity contribution < 1.29 is 17.6 Å². The summed E-state index contributed by atoms with van der Waals surface area (Å²) in [6.07, 6.45) is 0. The molecule has 0 aromatic heterocycles. The molecule has 0 aliphatic heterocycles. The summed E-state index contributed by atoms with van der Waals surface area (Å²) in [7, 11) is -3.95. The molecular weight excluding hydrogens is 403 g/mol. The van der Waals surface area contributed by atoms with Crippen molar-refractivity contribution in [3.8, 4) is 0 Å². The van der Waals surface area contributed by atoms with Gasteiger partial charge in [0.2, 0.25) is 5.91 Å². The third kappa shape index (κ3) is 5.04. The minimum absolute atomic E-state index is 0.114. The van der Waals surface area contributed by atoms with E-state index >= 15 is 0 Å². The molecule has 7 heteroatoms. The van der Waals surface area contributed by atoms with Gasteiger partial charge in [0.1, 0.15) is 12.4 Å². The van der Waals surface area contributed by atoms with Gasteiger partial charge in [-0.2, -0.15) is 0 Å². The maximum atomic E-state index is 13.3. The summed E-state index contributed by atoms with van der Waals surface area (Å²) in [5.74, 6) is -0.821. The molecule has 0 unspecified atom stereocenters. The number of aryl methyl sites for hydroxylation is 2. The van der Waals surface area contributed by atoms with Crippen LogP contribution in [0, 0.1) is 19.7 Å². The van der Waals surface area contributed by atoms with Gasteiger partial charge in [0.15, 0.2) is 0 Å². The lowest BCUT2D eigenvalue weighted by molar-refractivity contribution is -0.119. The molecule has 0 fully saturated rings. The monoisotopic (exact) mass is 426 g/mol. The molecule has 1 N–H and O–H groups in total. The molecule has 0 spiro atoms. The predicted molar refractivity (Wildman–Crippen MR) is 115 cm³/mol. The molecule has 156 valence electrons. The molecule has 3 aromatic rings. The van der Waals surface area contributed by atoms with E-state index in [-0.39, 0.29) is 23.8 Å². The van der Waals surface area contributed by atoms with E-state index in [4.69, 9.17) is 0 Å². The van der Waals surface area contributed by atoms with Crippen LogP contribution in [0.5, 0.6) is 0 Å². The van der Waals surface area contributed by atoms with Crippen molar-refractivity contribution >= 4 is 21.6 Å². The van der Waals surface area contributed by atoms with Gasteiger partial charge in [0, 0.05) is 6.54 Å². The fourth-order valence-electron chi connectivity index (χ4n) is 2.97. The van der Waals surface area contributed by atoms with Crippen LogP contribution in [0.25, 0.3) is 0 Å². The summed E-state index contributed by atoms with van der Waals surface area (Å²) in [4.78, 5) is 12.7. The highest BCUT2D eigenvalue weighted by Crippen LogP contribution is 2.26. The van der Waals surface area contributed by atoms with E-state index < -0.39 is 15.9 Å². The van der Waals surface area contributed by atoms with Crippen molar-refractivity contribution in [3.05, 3.63) is 95.3 Å². The molecule has 5 nitrogen and oxygen atoms in total. The number of nitrogens with zero attached hydrogens (tertiary/aromatic N) is 1. The first-order valence-corrected chi connectivity index (χ1v) is 10.9. The van der Waals surface area contributed by atoms with Crippen molar-refractivity contribution in [1.82, 2.24) is 5.32 Å². The van der Waals surface area contributed by atoms with Gasteiger partial charge in [-0.15, -0.1) is 0 Å². The smallest absolute Gasteiger partial charge is 0.264 e. The number of carbonyl (C=O) groups is 1. The maximum absolute atomic E-state index is 13.3. The third-order valence-corrected chi connectivity index (χ3v) is 6.46. The van der Waals surface area contributed by atoms with Crippen LogP contribution in [-0.4, -0.2) is 20.9 Å². The Balaban J connectivity index is 1.86. The van der Waals surface area contributed by atoms with Crippen molar-refractivity contribution in [3.63, 3.8) is 0 Å². The van der Waals surface area contributed by atoms with E-state index in [0.717, 1.165) is 15.4 Å². The molecule has 0 atom stereocenters. The minimum Gasteiger partial charge on any atom is -0.350 e. The van der Waals surface area contributed by atoms with E-state index in [2.05, 4.69) is 5.32 Å². The van der Waals surface area contributed by atoms with E-state index in [0.29, 0.717) is 11.3 Å². The van der Waals surface area contributed by atoms with E-state index in [1.807, 2.05) is 13.0 Å². The predicted octanol–water partition coefficient (Wildman–Crippen LogP) is 3.95. The van der Waals surface area contributed by atoms with Crippen LogP contribution < -0.4 is 9.62 Å². The van der Waals surface area contributed by atoms with Gasteiger partial charge in [0.25, 0.3) is 10.0 Å². The number of carbonyl (C=O) groups excluding carboxylic acids is 1. The molecule has 3 aromatic carbocycles. The second-order valence-electron chi connectivity index (χ2n) is 7.01. The average Bonchev–Trinajstić information content (AvgIpc) is 2.72. The topological polar surface area (TPSA) is 66.5 Å². The zero-order valence-electron chi connectivity index (χ0n) is 16.8. The molecule has 3 rings (SSSR count). The van der Waals surface area contributed by atoms with Crippen LogP contribution in [0.3, 0.4) is 0 Å². The Morgan fingerprint density at radius 1 is 0.933 bits per heavy atom. The molecule has 0 aliphatic carbocycles. The number of para-hydroxylation sites is 1. The zero-order chi connectivity index (χ0) is 21.7. The first kappa shape index (κ1) is 21.5. The Hall–Kier alpha value is -3.19. The van der Waals surface area contributed by atoms with Gasteiger partial charge in [-0.1, -0.05) is 48.0 Å². The number of halogens is 1. The zero-order valence-corrected chi connectivity index (χ0v) is 17.6. The fourth-order valence-corrected chi connectivity index (χ4v) is 4.46. The number of amides is 1. The minimum atomic E-state index is -3.95. The van der Waals surface area contributed by atoms with Crippen LogP contribution in [0.2, 0.25) is 0 Å². The van der Waals surface area contributed by atoms with Crippen LogP contribution >= 0.6 is 0 Å². The lowest BCUT2D eigenvalue weighted by atomic mass is 10.2. The van der Waals surface area contributed by atoms with E-state index in [1.54, 1.807) is 49.4 Å². The first-order chi connectivity index (χ1) is 14.3. The number of nitrogens with one attached hydrogen (secondary N) is 1. The van der Waals surface area contributed by atoms with Crippen LogP contribution in [-0.2, 0) is 21.4 Å². The number of anilines is 1. The van der Waals surface area contributed by atoms with Gasteiger partial charge in [-0.3, -0.25) is 9.10 Å². The summed E-state index contributed by atoms with van der Waals surface area (Å²) >= 11 is 0. The Morgan fingerprint density at radius 3 is 2.20 bits per heavy atom. The number of hydrogen-bond donors (Lipinski definition) is 1. The van der Waals surface area contributed by atoms with E-state index in [9.17, 15) is 17.6 Å². The second kappa shape index (κ2) is 9.09. The maximum Gasteiger partial charge on any atom is 0.264 e. The largest absolute Gasteiger partial charge is 0.350 e. The summed E-state index contributed by atoms with van der Waals surface area (Å²) in [5, 5.41) is 2.70. The molecule has 0 saturated heterocycles. The van der Waals surface area contributed by atoms with Crippen molar-refractivity contribution in [2.75, 3.05) is 10.8 Å². The first-order valence-electron chi connectivity index (χ1n) is 9.43. The van der Waals surface area contributed by atoms with Gasteiger partial charge in [0.05, 0.1) is 10.6 Å². The lowest BCUT2D eigenvalue weighted by Crippen LogP contribution is -2.41. The van der Waals surface area contributed by atoms with Crippen molar-refractivity contribution in [1.29, 1.82) is 0 Å². The van der Waals surface area contributed by atoms with Crippen molar-refractivity contribution in [2.45, 2.75) is 25.3 Å². The number of sulfonamides is 1. The highest BCUT2D eigenvalue weighted by atomic mass is 32.2. The molecule has 0 heterocycles. The summed E-state index contributed by atoms with van der Waals surface area (Å²) in [6.45, 7) is 3.47. The molecule has 0 bridgehead atoms. The molecule has 0 saturated carbocycles. The summed E-state index contributed by atoms with van der Waals surface area (Å²) < 4.78 is 40.9. The second-order valence-corrected chi connectivity index (χ2v) is 8.88. The third-order valence-electron chi connectivity index (χ3n) is 4.68. The highest BCUT2D eigenvalue weighted by molar-refractivity contribution is 7.92. The lowest BCUT2D eigenvalue weighted by Gasteiger charge is -2.25. The van der Waals surface area contributed by atoms with Crippen molar-refractivity contribution in [2.24, 2.45) is 0 Å².